The first kappa shape index (κ1) is 15.4. The minimum absolute atomic E-state index is 0.00455. The number of rotatable bonds is 3. The zero-order valence-electron chi connectivity index (χ0n) is 12.9. The predicted octanol–water partition coefficient (Wildman–Crippen LogP) is 1.28. The zero-order valence-corrected chi connectivity index (χ0v) is 12.9. The second-order valence-corrected chi connectivity index (χ2v) is 5.18. The first-order valence-corrected chi connectivity index (χ1v) is 6.97. The van der Waals surface area contributed by atoms with Gasteiger partial charge in [-0.05, 0) is 12.1 Å². The van der Waals surface area contributed by atoms with E-state index in [4.69, 9.17) is 0 Å². The molecule has 9 nitrogen and oxygen atoms in total. The molecule has 0 spiro atoms. The molecule has 2 heterocycles. The third-order valence-electron chi connectivity index (χ3n) is 3.64. The number of nitrogens with zero attached hydrogens (tertiary/aromatic N) is 4. The summed E-state index contributed by atoms with van der Waals surface area (Å²) in [5, 5.41) is 14.2. The molecule has 3 aromatic rings. The fourth-order valence-electron chi connectivity index (χ4n) is 2.38. The number of hydrogen-bond acceptors (Lipinski definition) is 6. The molecular formula is C15H13N5O4. The number of anilines is 2. The van der Waals surface area contributed by atoms with Crippen molar-refractivity contribution in [2.24, 2.45) is 14.1 Å². The van der Waals surface area contributed by atoms with E-state index in [2.05, 4.69) is 10.3 Å². The molecule has 0 aliphatic rings. The first-order valence-electron chi connectivity index (χ1n) is 6.97. The van der Waals surface area contributed by atoms with Gasteiger partial charge in [-0.2, -0.15) is 0 Å². The van der Waals surface area contributed by atoms with Gasteiger partial charge in [0.15, 0.2) is 5.65 Å². The second kappa shape index (κ2) is 5.61. The monoisotopic (exact) mass is 327 g/mol. The van der Waals surface area contributed by atoms with Crippen LogP contribution in [0.15, 0.2) is 46.0 Å². The molecule has 0 fully saturated rings. The Morgan fingerprint density at radius 3 is 2.42 bits per heavy atom. The van der Waals surface area contributed by atoms with E-state index in [1.807, 2.05) is 0 Å². The first-order chi connectivity index (χ1) is 11.4. The Kier molecular flexibility index (Phi) is 3.60. The SMILES string of the molecule is Cn1c(=O)c2cc([N+](=O)[O-])c(Nc3ccccc3)nc2n(C)c1=O. The topological polar surface area (TPSA) is 112 Å². The van der Waals surface area contributed by atoms with Gasteiger partial charge >= 0.3 is 11.4 Å². The maximum absolute atomic E-state index is 12.2. The van der Waals surface area contributed by atoms with Gasteiger partial charge in [-0.15, -0.1) is 0 Å². The van der Waals surface area contributed by atoms with Crippen LogP contribution in [-0.2, 0) is 14.1 Å². The van der Waals surface area contributed by atoms with Crippen LogP contribution in [0.4, 0.5) is 17.2 Å². The van der Waals surface area contributed by atoms with Crippen LogP contribution in [0.25, 0.3) is 11.0 Å². The van der Waals surface area contributed by atoms with Gasteiger partial charge in [0.25, 0.3) is 5.56 Å². The van der Waals surface area contributed by atoms with Crippen molar-refractivity contribution in [3.05, 3.63) is 67.4 Å². The molecule has 0 aliphatic heterocycles. The number of aromatic nitrogens is 3. The fraction of sp³-hybridized carbons (Fsp3) is 0.133. The van der Waals surface area contributed by atoms with Gasteiger partial charge in [0, 0.05) is 25.8 Å². The predicted molar refractivity (Wildman–Crippen MR) is 88.6 cm³/mol. The molecule has 0 saturated heterocycles. The molecule has 1 aromatic carbocycles. The highest BCUT2D eigenvalue weighted by Gasteiger charge is 2.21. The molecule has 3 rings (SSSR count). The highest BCUT2D eigenvalue weighted by Crippen LogP contribution is 2.27. The van der Waals surface area contributed by atoms with Crippen LogP contribution < -0.4 is 16.6 Å². The van der Waals surface area contributed by atoms with Crippen LogP contribution in [0.1, 0.15) is 0 Å². The lowest BCUT2D eigenvalue weighted by molar-refractivity contribution is -0.384. The molecule has 9 heteroatoms. The Morgan fingerprint density at radius 2 is 1.79 bits per heavy atom. The molecule has 0 radical (unpaired) electrons. The van der Waals surface area contributed by atoms with E-state index < -0.39 is 16.2 Å². The number of pyridine rings is 1. The van der Waals surface area contributed by atoms with E-state index in [0.29, 0.717) is 5.69 Å². The summed E-state index contributed by atoms with van der Waals surface area (Å²) >= 11 is 0. The van der Waals surface area contributed by atoms with E-state index in [-0.39, 0.29) is 22.5 Å². The van der Waals surface area contributed by atoms with E-state index in [9.17, 15) is 19.7 Å². The van der Waals surface area contributed by atoms with Gasteiger partial charge < -0.3 is 5.32 Å². The molecule has 1 N–H and O–H groups in total. The number of aryl methyl sites for hydroxylation is 1. The minimum atomic E-state index is -0.630. The van der Waals surface area contributed by atoms with E-state index in [0.717, 1.165) is 10.6 Å². The molecule has 0 unspecified atom stereocenters. The average molecular weight is 327 g/mol. The summed E-state index contributed by atoms with van der Waals surface area (Å²) in [6.45, 7) is 0. The van der Waals surface area contributed by atoms with Gasteiger partial charge in [0.2, 0.25) is 5.82 Å². The zero-order chi connectivity index (χ0) is 17.4. The number of hydrogen-bond donors (Lipinski definition) is 1. The van der Waals surface area contributed by atoms with Gasteiger partial charge in [0.1, 0.15) is 0 Å². The van der Waals surface area contributed by atoms with Crippen molar-refractivity contribution in [1.29, 1.82) is 0 Å². The van der Waals surface area contributed by atoms with Crippen molar-refractivity contribution in [2.75, 3.05) is 5.32 Å². The number of benzene rings is 1. The average Bonchev–Trinajstić information content (AvgIpc) is 2.58. The van der Waals surface area contributed by atoms with Gasteiger partial charge in [-0.3, -0.25) is 24.0 Å². The molecule has 0 amide bonds. The van der Waals surface area contributed by atoms with Gasteiger partial charge in [-0.1, -0.05) is 18.2 Å². The van der Waals surface area contributed by atoms with Gasteiger partial charge in [0.05, 0.1) is 10.3 Å². The lowest BCUT2D eigenvalue weighted by atomic mass is 10.2. The number of nitro groups is 1. The normalized spacial score (nSPS) is 10.8. The second-order valence-electron chi connectivity index (χ2n) is 5.18. The Morgan fingerprint density at radius 1 is 1.12 bits per heavy atom. The lowest BCUT2D eigenvalue weighted by Gasteiger charge is -2.10. The Labute approximate surface area is 135 Å². The number of nitrogens with one attached hydrogen (secondary N) is 1. The van der Waals surface area contributed by atoms with Crippen LogP contribution in [0, 0.1) is 10.1 Å². The summed E-state index contributed by atoms with van der Waals surface area (Å²) in [6, 6.07) is 9.91. The maximum atomic E-state index is 12.2. The highest BCUT2D eigenvalue weighted by atomic mass is 16.6. The minimum Gasteiger partial charge on any atom is -0.334 e. The molecular weight excluding hydrogens is 314 g/mol. The molecule has 0 bridgehead atoms. The van der Waals surface area contributed by atoms with Crippen LogP contribution in [0.2, 0.25) is 0 Å². The van der Waals surface area contributed by atoms with Crippen molar-refractivity contribution in [2.45, 2.75) is 0 Å². The molecule has 0 atom stereocenters. The van der Waals surface area contributed by atoms with E-state index in [1.165, 1.54) is 18.7 Å². The van der Waals surface area contributed by atoms with Crippen LogP contribution in [0.3, 0.4) is 0 Å². The van der Waals surface area contributed by atoms with E-state index in [1.54, 1.807) is 30.3 Å². The third-order valence-corrected chi connectivity index (χ3v) is 3.64. The van der Waals surface area contributed by atoms with Crippen molar-refractivity contribution in [3.63, 3.8) is 0 Å². The smallest absolute Gasteiger partial charge is 0.332 e. The Bertz CT molecular complexity index is 1070. The van der Waals surface area contributed by atoms with E-state index >= 15 is 0 Å². The summed E-state index contributed by atoms with van der Waals surface area (Å²) in [5.74, 6) is -0.0399. The lowest BCUT2D eigenvalue weighted by Crippen LogP contribution is -2.37. The molecule has 122 valence electrons. The number of fused-ring (bicyclic) bond motifs is 1. The highest BCUT2D eigenvalue weighted by molar-refractivity contribution is 5.82. The Hall–Kier alpha value is -3.49. The number of para-hydroxylation sites is 1. The van der Waals surface area contributed by atoms with Gasteiger partial charge in [-0.25, -0.2) is 9.78 Å². The van der Waals surface area contributed by atoms with Crippen LogP contribution in [-0.4, -0.2) is 19.0 Å². The molecule has 0 saturated carbocycles. The van der Waals surface area contributed by atoms with Crippen molar-refractivity contribution >= 4 is 28.2 Å². The Balaban J connectivity index is 2.33. The van der Waals surface area contributed by atoms with Crippen molar-refractivity contribution in [1.82, 2.24) is 14.1 Å². The van der Waals surface area contributed by atoms with Crippen molar-refractivity contribution in [3.8, 4) is 0 Å². The quantitative estimate of drug-likeness (QED) is 0.573. The summed E-state index contributed by atoms with van der Waals surface area (Å²) in [6.07, 6.45) is 0. The summed E-state index contributed by atoms with van der Waals surface area (Å²) < 4.78 is 2.06. The summed E-state index contributed by atoms with van der Waals surface area (Å²) in [5.41, 5.74) is -0.856. The molecule has 2 aromatic heterocycles. The fourth-order valence-corrected chi connectivity index (χ4v) is 2.38. The van der Waals surface area contributed by atoms with Crippen molar-refractivity contribution < 1.29 is 4.92 Å². The summed E-state index contributed by atoms with van der Waals surface area (Å²) in [7, 11) is 2.77. The standard InChI is InChI=1S/C15H13N5O4/c1-18-13-10(14(21)19(2)15(18)22)8-11(20(23)24)12(17-13)16-9-6-4-3-5-7-9/h3-8H,1-2H3,(H,16,17). The maximum Gasteiger partial charge on any atom is 0.332 e. The van der Waals surface area contributed by atoms with Crippen LogP contribution in [0.5, 0.6) is 0 Å². The molecule has 0 aliphatic carbocycles. The third kappa shape index (κ3) is 2.41. The largest absolute Gasteiger partial charge is 0.334 e. The van der Waals surface area contributed by atoms with Crippen LogP contribution >= 0.6 is 0 Å². The summed E-state index contributed by atoms with van der Waals surface area (Å²) in [4.78, 5) is 39.1. The molecule has 24 heavy (non-hydrogen) atoms.